The van der Waals surface area contributed by atoms with Gasteiger partial charge in [0.15, 0.2) is 0 Å². The molecule has 0 radical (unpaired) electrons. The van der Waals surface area contributed by atoms with E-state index in [4.69, 9.17) is 4.42 Å². The Morgan fingerprint density at radius 2 is 2.11 bits per heavy atom. The second-order valence-electron chi connectivity index (χ2n) is 4.45. The number of hydrogen-bond donors (Lipinski definition) is 1. The largest absolute Gasteiger partial charge is 0.414 e. The predicted octanol–water partition coefficient (Wildman–Crippen LogP) is 1.70. The molecule has 0 saturated heterocycles. The maximum absolute atomic E-state index is 11.6. The monoisotopic (exact) mass is 286 g/mol. The Labute approximate surface area is 118 Å². The number of rotatable bonds is 7. The highest BCUT2D eigenvalue weighted by atomic mass is 32.2. The Hall–Kier alpha value is -1.08. The number of carbonyl (C=O) groups excluding carboxylic acids is 1. The van der Waals surface area contributed by atoms with E-state index >= 15 is 0 Å². The fraction of sp³-hybridized carbons (Fsp3) is 0.750. The third-order valence-electron chi connectivity index (χ3n) is 2.72. The average Bonchev–Trinajstić information content (AvgIpc) is 2.78. The first kappa shape index (κ1) is 16.0. The highest BCUT2D eigenvalue weighted by Crippen LogP contribution is 2.26. The van der Waals surface area contributed by atoms with Crippen molar-refractivity contribution in [2.45, 2.75) is 43.7 Å². The molecule has 1 heterocycles. The van der Waals surface area contributed by atoms with E-state index in [-0.39, 0.29) is 17.2 Å². The van der Waals surface area contributed by atoms with E-state index in [1.165, 1.54) is 11.8 Å². The van der Waals surface area contributed by atoms with Gasteiger partial charge in [0, 0.05) is 6.54 Å². The number of nitrogens with one attached hydrogen (secondary N) is 1. The van der Waals surface area contributed by atoms with Crippen LogP contribution in [0.25, 0.3) is 0 Å². The summed E-state index contributed by atoms with van der Waals surface area (Å²) in [6.07, 6.45) is 0.894. The molecule has 0 saturated carbocycles. The van der Waals surface area contributed by atoms with Gasteiger partial charge in [-0.2, -0.15) is 0 Å². The molecule has 0 bridgehead atoms. The zero-order valence-electron chi connectivity index (χ0n) is 12.1. The third kappa shape index (κ3) is 4.50. The summed E-state index contributed by atoms with van der Waals surface area (Å²) < 4.78 is 5.62. The van der Waals surface area contributed by atoms with Crippen LogP contribution in [-0.2, 0) is 4.79 Å². The molecule has 0 aromatic carbocycles. The number of carbonyl (C=O) groups is 1. The molecule has 19 heavy (non-hydrogen) atoms. The fourth-order valence-electron chi connectivity index (χ4n) is 1.69. The molecule has 0 unspecified atom stereocenters. The van der Waals surface area contributed by atoms with Crippen molar-refractivity contribution in [1.82, 2.24) is 20.4 Å². The summed E-state index contributed by atoms with van der Waals surface area (Å²) in [7, 11) is 3.95. The van der Waals surface area contributed by atoms with Gasteiger partial charge in [-0.25, -0.2) is 0 Å². The molecule has 108 valence electrons. The molecule has 0 spiro atoms. The summed E-state index contributed by atoms with van der Waals surface area (Å²) in [5.41, 5.74) is 0. The zero-order chi connectivity index (χ0) is 14.4. The molecular weight excluding hydrogens is 264 g/mol. The minimum atomic E-state index is -0.243. The molecule has 1 amide bonds. The average molecular weight is 286 g/mol. The molecule has 1 aromatic heterocycles. The van der Waals surface area contributed by atoms with Crippen LogP contribution in [0.15, 0.2) is 9.64 Å². The van der Waals surface area contributed by atoms with E-state index in [0.717, 1.165) is 6.42 Å². The number of hydrogen-bond acceptors (Lipinski definition) is 6. The number of thioether (sulfide) groups is 1. The third-order valence-corrected chi connectivity index (χ3v) is 3.65. The summed E-state index contributed by atoms with van der Waals surface area (Å²) >= 11 is 1.28. The molecule has 2 atom stereocenters. The van der Waals surface area contributed by atoms with Gasteiger partial charge in [-0.1, -0.05) is 18.7 Å². The van der Waals surface area contributed by atoms with E-state index in [9.17, 15) is 4.79 Å². The van der Waals surface area contributed by atoms with Crippen molar-refractivity contribution in [1.29, 1.82) is 0 Å². The molecule has 1 N–H and O–H groups in total. The number of amides is 1. The van der Waals surface area contributed by atoms with Crippen molar-refractivity contribution >= 4 is 17.7 Å². The highest BCUT2D eigenvalue weighted by molar-refractivity contribution is 8.00. The van der Waals surface area contributed by atoms with Gasteiger partial charge in [-0.05, 0) is 34.4 Å². The van der Waals surface area contributed by atoms with Gasteiger partial charge in [0.1, 0.15) is 0 Å². The van der Waals surface area contributed by atoms with Crippen LogP contribution in [0.1, 0.15) is 39.1 Å². The van der Waals surface area contributed by atoms with Crippen LogP contribution in [0.3, 0.4) is 0 Å². The van der Waals surface area contributed by atoms with E-state index in [1.807, 2.05) is 32.8 Å². The Bertz CT molecular complexity index is 408. The molecule has 0 aliphatic carbocycles. The van der Waals surface area contributed by atoms with Gasteiger partial charge >= 0.3 is 0 Å². The van der Waals surface area contributed by atoms with Gasteiger partial charge in [-0.15, -0.1) is 10.2 Å². The summed E-state index contributed by atoms with van der Waals surface area (Å²) in [6, 6.07) is 0.113. The maximum atomic E-state index is 11.6. The number of aromatic nitrogens is 2. The quantitative estimate of drug-likeness (QED) is 0.769. The molecule has 6 nitrogen and oxygen atoms in total. The van der Waals surface area contributed by atoms with Crippen molar-refractivity contribution in [2.75, 3.05) is 20.6 Å². The highest BCUT2D eigenvalue weighted by Gasteiger charge is 2.21. The lowest BCUT2D eigenvalue weighted by Gasteiger charge is -2.18. The van der Waals surface area contributed by atoms with Crippen LogP contribution in [0.5, 0.6) is 0 Å². The van der Waals surface area contributed by atoms with Crippen LogP contribution in [0.4, 0.5) is 0 Å². The Balaban J connectivity index is 2.67. The fourth-order valence-corrected chi connectivity index (χ4v) is 2.40. The smallest absolute Gasteiger partial charge is 0.277 e. The first-order valence-corrected chi connectivity index (χ1v) is 7.31. The molecule has 7 heteroatoms. The van der Waals surface area contributed by atoms with Gasteiger partial charge < -0.3 is 9.73 Å². The van der Waals surface area contributed by atoms with Crippen LogP contribution < -0.4 is 5.32 Å². The summed E-state index contributed by atoms with van der Waals surface area (Å²) in [5.74, 6) is 0.574. The van der Waals surface area contributed by atoms with E-state index in [2.05, 4.69) is 22.4 Å². The van der Waals surface area contributed by atoms with E-state index in [1.54, 1.807) is 0 Å². The van der Waals surface area contributed by atoms with Crippen molar-refractivity contribution in [3.8, 4) is 0 Å². The zero-order valence-corrected chi connectivity index (χ0v) is 13.0. The molecule has 0 fully saturated rings. The predicted molar refractivity (Wildman–Crippen MR) is 75.0 cm³/mol. The van der Waals surface area contributed by atoms with Crippen molar-refractivity contribution in [3.05, 3.63) is 5.89 Å². The van der Waals surface area contributed by atoms with Crippen LogP contribution >= 0.6 is 11.8 Å². The SMILES string of the molecule is CCNC(=O)[C@@H](C)Sc1nnc([C@H](CC)N(C)C)o1. The molecule has 1 rings (SSSR count). The maximum Gasteiger partial charge on any atom is 0.277 e. The minimum Gasteiger partial charge on any atom is -0.414 e. The lowest BCUT2D eigenvalue weighted by atomic mass is 10.2. The molecule has 0 aliphatic heterocycles. The Morgan fingerprint density at radius 1 is 1.42 bits per heavy atom. The van der Waals surface area contributed by atoms with Crippen molar-refractivity contribution < 1.29 is 9.21 Å². The van der Waals surface area contributed by atoms with Gasteiger partial charge in [0.25, 0.3) is 5.22 Å². The van der Waals surface area contributed by atoms with Crippen molar-refractivity contribution in [3.63, 3.8) is 0 Å². The lowest BCUT2D eigenvalue weighted by Crippen LogP contribution is -2.30. The summed E-state index contributed by atoms with van der Waals surface area (Å²) in [4.78, 5) is 13.7. The Morgan fingerprint density at radius 3 is 2.63 bits per heavy atom. The lowest BCUT2D eigenvalue weighted by molar-refractivity contribution is -0.120. The van der Waals surface area contributed by atoms with Crippen LogP contribution in [-0.4, -0.2) is 46.9 Å². The number of nitrogens with zero attached hydrogens (tertiary/aromatic N) is 3. The first-order chi connectivity index (χ1) is 8.99. The second kappa shape index (κ2) is 7.49. The van der Waals surface area contributed by atoms with Gasteiger partial charge in [-0.3, -0.25) is 9.69 Å². The standard InChI is InChI=1S/C12H22N4O2S/c1-6-9(16(4)5)11-14-15-12(18-11)19-8(3)10(17)13-7-2/h8-9H,6-7H2,1-5H3,(H,13,17)/t8-,9+/m1/s1. The van der Waals surface area contributed by atoms with Gasteiger partial charge in [0.2, 0.25) is 11.8 Å². The molecule has 0 aliphatic rings. The minimum absolute atomic E-state index is 0.0214. The summed E-state index contributed by atoms with van der Waals surface area (Å²) in [5, 5.41) is 11.0. The topological polar surface area (TPSA) is 71.3 Å². The molecular formula is C12H22N4O2S. The van der Waals surface area contributed by atoms with Gasteiger partial charge in [0.05, 0.1) is 11.3 Å². The first-order valence-electron chi connectivity index (χ1n) is 6.43. The second-order valence-corrected chi connectivity index (χ2v) is 5.74. The van der Waals surface area contributed by atoms with E-state index in [0.29, 0.717) is 17.7 Å². The van der Waals surface area contributed by atoms with Crippen molar-refractivity contribution in [2.24, 2.45) is 0 Å². The van der Waals surface area contributed by atoms with Crippen LogP contribution in [0.2, 0.25) is 0 Å². The normalized spacial score (nSPS) is 14.4. The molecule has 1 aromatic rings. The van der Waals surface area contributed by atoms with E-state index < -0.39 is 0 Å². The Kier molecular flexibility index (Phi) is 6.30. The summed E-state index contributed by atoms with van der Waals surface area (Å²) in [6.45, 7) is 6.40. The van der Waals surface area contributed by atoms with Crippen LogP contribution in [0, 0.1) is 0 Å².